The van der Waals surface area contributed by atoms with Crippen molar-refractivity contribution in [3.63, 3.8) is 0 Å². The molecule has 0 aliphatic rings. The predicted molar refractivity (Wildman–Crippen MR) is 94.2 cm³/mol. The maximum absolute atomic E-state index is 12.7. The normalized spacial score (nSPS) is 11.9. The molecule has 3 heterocycles. The fourth-order valence-electron chi connectivity index (χ4n) is 2.29. The van der Waals surface area contributed by atoms with Crippen molar-refractivity contribution in [1.82, 2.24) is 19.1 Å². The van der Waals surface area contributed by atoms with Crippen molar-refractivity contribution in [2.45, 2.75) is 17.2 Å². The molecular weight excluding hydrogens is 344 g/mol. The van der Waals surface area contributed by atoms with Crippen LogP contribution in [0.5, 0.6) is 0 Å². The van der Waals surface area contributed by atoms with Crippen LogP contribution in [0, 0.1) is 0 Å². The average molecular weight is 362 g/mol. The first-order valence-electron chi connectivity index (χ1n) is 7.51. The van der Waals surface area contributed by atoms with Crippen molar-refractivity contribution >= 4 is 21.4 Å². The van der Waals surface area contributed by atoms with E-state index in [1.165, 1.54) is 15.6 Å². The molecule has 8 heteroatoms. The molecule has 0 radical (unpaired) electrons. The summed E-state index contributed by atoms with van der Waals surface area (Å²) >= 11 is 1.28. The Labute approximate surface area is 145 Å². The predicted octanol–water partition coefficient (Wildman–Crippen LogP) is 2.72. The Balaban J connectivity index is 1.67. The Morgan fingerprint density at radius 1 is 1.17 bits per heavy atom. The van der Waals surface area contributed by atoms with Crippen molar-refractivity contribution in [3.8, 4) is 10.4 Å². The fourth-order valence-corrected chi connectivity index (χ4v) is 5.02. The van der Waals surface area contributed by atoms with Gasteiger partial charge in [0.05, 0.1) is 0 Å². The van der Waals surface area contributed by atoms with Crippen LogP contribution in [0.4, 0.5) is 0 Å². The van der Waals surface area contributed by atoms with Crippen LogP contribution in [0.3, 0.4) is 0 Å². The topological polar surface area (TPSA) is 68.1 Å². The molecule has 0 aromatic carbocycles. The minimum Gasteiger partial charge on any atom is -0.273 e. The summed E-state index contributed by atoms with van der Waals surface area (Å²) in [6.45, 7) is 1.14. The molecule has 0 N–H and O–H groups in total. The van der Waals surface area contributed by atoms with E-state index in [1.807, 2.05) is 30.5 Å². The number of nitrogens with zero attached hydrogens (tertiary/aromatic N) is 4. The number of pyridine rings is 1. The van der Waals surface area contributed by atoms with Crippen molar-refractivity contribution < 1.29 is 8.42 Å². The minimum atomic E-state index is -3.46. The lowest BCUT2D eigenvalue weighted by molar-refractivity contribution is 0.439. The van der Waals surface area contributed by atoms with Gasteiger partial charge in [-0.1, -0.05) is 0 Å². The molecule has 0 bridgehead atoms. The second-order valence-electron chi connectivity index (χ2n) is 5.30. The van der Waals surface area contributed by atoms with E-state index in [4.69, 9.17) is 0 Å². The van der Waals surface area contributed by atoms with E-state index in [1.54, 1.807) is 36.4 Å². The number of sulfonamides is 1. The highest BCUT2D eigenvalue weighted by Gasteiger charge is 2.22. The quantitative estimate of drug-likeness (QED) is 0.648. The summed E-state index contributed by atoms with van der Waals surface area (Å²) in [6.07, 6.45) is 7.69. The molecule has 0 spiro atoms. The molecule has 126 valence electrons. The van der Waals surface area contributed by atoms with E-state index < -0.39 is 10.0 Å². The van der Waals surface area contributed by atoms with E-state index in [0.29, 0.717) is 23.7 Å². The number of thiophene rings is 1. The molecule has 3 aromatic rings. The van der Waals surface area contributed by atoms with Gasteiger partial charge in [-0.05, 0) is 42.3 Å². The zero-order valence-electron chi connectivity index (χ0n) is 13.2. The smallest absolute Gasteiger partial charge is 0.252 e. The highest BCUT2D eigenvalue weighted by Crippen LogP contribution is 2.31. The van der Waals surface area contributed by atoms with Crippen molar-refractivity contribution in [2.24, 2.45) is 0 Å². The average Bonchev–Trinajstić information content (AvgIpc) is 3.27. The Kier molecular flexibility index (Phi) is 5.08. The molecule has 0 atom stereocenters. The van der Waals surface area contributed by atoms with Gasteiger partial charge in [0.1, 0.15) is 4.21 Å². The van der Waals surface area contributed by atoms with Crippen molar-refractivity contribution in [2.75, 3.05) is 13.6 Å². The summed E-state index contributed by atoms with van der Waals surface area (Å²) in [5.41, 5.74) is 0.970. The maximum atomic E-state index is 12.7. The van der Waals surface area contributed by atoms with Gasteiger partial charge in [0.25, 0.3) is 10.0 Å². The highest BCUT2D eigenvalue weighted by atomic mass is 32.2. The molecule has 0 aliphatic heterocycles. The first-order chi connectivity index (χ1) is 11.6. The fraction of sp³-hybridized carbons (Fsp3) is 0.250. The Morgan fingerprint density at radius 3 is 2.67 bits per heavy atom. The molecule has 0 saturated heterocycles. The molecule has 6 nitrogen and oxygen atoms in total. The van der Waals surface area contributed by atoms with Gasteiger partial charge in [0, 0.05) is 49.8 Å². The van der Waals surface area contributed by atoms with Crippen LogP contribution in [0.25, 0.3) is 10.4 Å². The number of aryl methyl sites for hydroxylation is 1. The molecule has 24 heavy (non-hydrogen) atoms. The van der Waals surface area contributed by atoms with Gasteiger partial charge < -0.3 is 0 Å². The molecular formula is C16H18N4O2S2. The van der Waals surface area contributed by atoms with Crippen LogP contribution in [0.2, 0.25) is 0 Å². The summed E-state index contributed by atoms with van der Waals surface area (Å²) in [6, 6.07) is 9.10. The third kappa shape index (κ3) is 3.72. The number of hydrogen-bond acceptors (Lipinski definition) is 5. The summed E-state index contributed by atoms with van der Waals surface area (Å²) in [5.74, 6) is 0. The zero-order valence-corrected chi connectivity index (χ0v) is 14.9. The van der Waals surface area contributed by atoms with E-state index in [9.17, 15) is 8.42 Å². The molecule has 0 amide bonds. The summed E-state index contributed by atoms with van der Waals surface area (Å²) in [5, 5.41) is 4.12. The SMILES string of the molecule is CN(CCCn1cccn1)S(=O)(=O)c1ccc(-c2ccncc2)s1. The largest absolute Gasteiger partial charge is 0.273 e. The summed E-state index contributed by atoms with van der Waals surface area (Å²) in [7, 11) is -1.85. The van der Waals surface area contributed by atoms with Crippen LogP contribution in [-0.2, 0) is 16.6 Å². The maximum Gasteiger partial charge on any atom is 0.252 e. The van der Waals surface area contributed by atoms with Crippen molar-refractivity contribution in [1.29, 1.82) is 0 Å². The lowest BCUT2D eigenvalue weighted by Gasteiger charge is -2.15. The van der Waals surface area contributed by atoms with Crippen LogP contribution in [0.1, 0.15) is 6.42 Å². The van der Waals surface area contributed by atoms with Gasteiger partial charge in [0.2, 0.25) is 0 Å². The van der Waals surface area contributed by atoms with E-state index >= 15 is 0 Å². The Bertz CT molecular complexity index is 874. The second-order valence-corrected chi connectivity index (χ2v) is 8.66. The molecule has 3 rings (SSSR count). The zero-order chi connectivity index (χ0) is 17.0. The number of rotatable bonds is 7. The molecule has 0 aliphatic carbocycles. The molecule has 0 unspecified atom stereocenters. The molecule has 0 saturated carbocycles. The lowest BCUT2D eigenvalue weighted by atomic mass is 10.2. The highest BCUT2D eigenvalue weighted by molar-refractivity contribution is 7.91. The number of hydrogen-bond donors (Lipinski definition) is 0. The minimum absolute atomic E-state index is 0.357. The van der Waals surface area contributed by atoms with Gasteiger partial charge in [-0.3, -0.25) is 9.67 Å². The third-order valence-electron chi connectivity index (χ3n) is 3.63. The number of aromatic nitrogens is 3. The monoisotopic (exact) mass is 362 g/mol. The first kappa shape index (κ1) is 16.8. The second kappa shape index (κ2) is 7.25. The van der Waals surface area contributed by atoms with Crippen LogP contribution in [0.15, 0.2) is 59.3 Å². The lowest BCUT2D eigenvalue weighted by Crippen LogP contribution is -2.28. The van der Waals surface area contributed by atoms with Gasteiger partial charge in [0.15, 0.2) is 0 Å². The van der Waals surface area contributed by atoms with Gasteiger partial charge in [-0.2, -0.15) is 5.10 Å². The summed E-state index contributed by atoms with van der Waals surface area (Å²) < 4.78 is 28.9. The van der Waals surface area contributed by atoms with Gasteiger partial charge >= 0.3 is 0 Å². The Morgan fingerprint density at radius 2 is 1.96 bits per heavy atom. The van der Waals surface area contributed by atoms with Crippen LogP contribution < -0.4 is 0 Å². The Hall–Kier alpha value is -2.03. The van der Waals surface area contributed by atoms with Gasteiger partial charge in [-0.25, -0.2) is 12.7 Å². The van der Waals surface area contributed by atoms with E-state index in [-0.39, 0.29) is 0 Å². The van der Waals surface area contributed by atoms with E-state index in [0.717, 1.165) is 10.4 Å². The molecule has 0 fully saturated rings. The third-order valence-corrected chi connectivity index (χ3v) is 7.09. The van der Waals surface area contributed by atoms with E-state index in [2.05, 4.69) is 10.1 Å². The summed E-state index contributed by atoms with van der Waals surface area (Å²) in [4.78, 5) is 4.90. The van der Waals surface area contributed by atoms with Crippen LogP contribution >= 0.6 is 11.3 Å². The standard InChI is InChI=1S/C16H18N4O2S2/c1-19(11-3-13-20-12-2-8-18-20)24(21,22)16-5-4-15(23-16)14-6-9-17-10-7-14/h2,4-10,12H,3,11,13H2,1H3. The van der Waals surface area contributed by atoms with Crippen LogP contribution in [-0.4, -0.2) is 41.1 Å². The molecule has 3 aromatic heterocycles. The van der Waals surface area contributed by atoms with Crippen molar-refractivity contribution in [3.05, 3.63) is 55.1 Å². The van der Waals surface area contributed by atoms with Gasteiger partial charge in [-0.15, -0.1) is 11.3 Å². The first-order valence-corrected chi connectivity index (χ1v) is 9.77.